The summed E-state index contributed by atoms with van der Waals surface area (Å²) in [5.41, 5.74) is 0. The van der Waals surface area contributed by atoms with Crippen molar-refractivity contribution < 1.29 is 32.9 Å². The number of quaternary nitrogens is 1. The molecule has 2 N–H and O–H groups in total. The highest BCUT2D eigenvalue weighted by Gasteiger charge is 2.23. The Morgan fingerprint density at radius 3 is 1.26 bits per heavy atom. The van der Waals surface area contributed by atoms with E-state index >= 15 is 0 Å². The van der Waals surface area contributed by atoms with Gasteiger partial charge in [0.25, 0.3) is 7.82 Å². The van der Waals surface area contributed by atoms with Crippen molar-refractivity contribution in [3.63, 3.8) is 0 Å². The van der Waals surface area contributed by atoms with E-state index in [-0.39, 0.29) is 19.1 Å². The van der Waals surface area contributed by atoms with Crippen molar-refractivity contribution in [2.75, 3.05) is 40.9 Å². The smallest absolute Gasteiger partial charge is 0.268 e. The van der Waals surface area contributed by atoms with Gasteiger partial charge in [0.15, 0.2) is 0 Å². The molecule has 0 radical (unpaired) electrons. The Bertz CT molecular complexity index is 1060. The number of hydrogen-bond acceptors (Lipinski definition) is 6. The zero-order chi connectivity index (χ0) is 45.7. The van der Waals surface area contributed by atoms with Gasteiger partial charge in [0.05, 0.1) is 39.9 Å². The van der Waals surface area contributed by atoms with Crippen LogP contribution >= 0.6 is 7.82 Å². The van der Waals surface area contributed by atoms with E-state index in [9.17, 15) is 19.4 Å². The number of unbranched alkanes of at least 4 members (excludes halogenated alkanes) is 34. The minimum atomic E-state index is -4.59. The fourth-order valence-electron chi connectivity index (χ4n) is 7.91. The average Bonchev–Trinajstić information content (AvgIpc) is 3.23. The first-order valence-corrected chi connectivity index (χ1v) is 28.2. The first kappa shape index (κ1) is 61.0. The molecule has 0 spiro atoms. The highest BCUT2D eigenvalue weighted by atomic mass is 31.2. The lowest BCUT2D eigenvalue weighted by molar-refractivity contribution is -0.870. The third-order valence-corrected chi connectivity index (χ3v) is 13.1. The summed E-state index contributed by atoms with van der Waals surface area (Å²) in [6.07, 6.45) is 55.2. The number of likely N-dealkylation sites (N-methyl/N-ethyl adjacent to an activating group) is 1. The molecule has 8 nitrogen and oxygen atoms in total. The average molecular weight is 897 g/mol. The zero-order valence-electron chi connectivity index (χ0n) is 41.8. The molecule has 0 aromatic heterocycles. The molecule has 1 amide bonds. The zero-order valence-corrected chi connectivity index (χ0v) is 42.7. The van der Waals surface area contributed by atoms with Crippen LogP contribution in [-0.4, -0.2) is 68.5 Å². The van der Waals surface area contributed by atoms with E-state index in [0.717, 1.165) is 38.5 Å². The minimum absolute atomic E-state index is 0.000348. The molecular weight excluding hydrogens is 792 g/mol. The van der Waals surface area contributed by atoms with Crippen molar-refractivity contribution in [2.45, 2.75) is 270 Å². The SMILES string of the molecule is CCCCCCCCCCC/C=C\CCCCCCCCCC(=O)NC(COP(=O)([O-])OCC[N+](C)(C)C)C(O)/C=C/CCCCCCCCCCCCCCCCCCCC. The number of phosphoric acid groups is 1. The number of aliphatic hydroxyl groups excluding tert-OH is 1. The number of rotatable bonds is 49. The fourth-order valence-corrected chi connectivity index (χ4v) is 8.64. The molecule has 0 bridgehead atoms. The van der Waals surface area contributed by atoms with Crippen molar-refractivity contribution in [3.05, 3.63) is 24.3 Å². The largest absolute Gasteiger partial charge is 0.756 e. The van der Waals surface area contributed by atoms with Crippen LogP contribution in [0.25, 0.3) is 0 Å². The molecule has 368 valence electrons. The first-order valence-electron chi connectivity index (χ1n) is 26.7. The Morgan fingerprint density at radius 2 is 0.887 bits per heavy atom. The normalized spacial score (nSPS) is 14.2. The topological polar surface area (TPSA) is 108 Å². The Hall–Kier alpha value is -1.02. The van der Waals surface area contributed by atoms with Crippen LogP contribution in [0.5, 0.6) is 0 Å². The number of amides is 1. The molecule has 3 atom stereocenters. The van der Waals surface area contributed by atoms with Crippen LogP contribution in [0.3, 0.4) is 0 Å². The molecule has 0 heterocycles. The van der Waals surface area contributed by atoms with Gasteiger partial charge >= 0.3 is 0 Å². The number of carbonyl (C=O) groups is 1. The summed E-state index contributed by atoms with van der Waals surface area (Å²) in [5.74, 6) is -0.199. The van der Waals surface area contributed by atoms with Crippen LogP contribution in [0.4, 0.5) is 0 Å². The van der Waals surface area contributed by atoms with E-state index in [2.05, 4.69) is 31.3 Å². The van der Waals surface area contributed by atoms with Gasteiger partial charge in [-0.15, -0.1) is 0 Å². The molecule has 3 unspecified atom stereocenters. The van der Waals surface area contributed by atoms with Crippen molar-refractivity contribution >= 4 is 13.7 Å². The summed E-state index contributed by atoms with van der Waals surface area (Å²) in [4.78, 5) is 25.4. The molecule has 0 rings (SSSR count). The number of nitrogens with one attached hydrogen (secondary N) is 1. The number of carbonyl (C=O) groups excluding carboxylic acids is 1. The number of nitrogens with zero attached hydrogens (tertiary/aromatic N) is 1. The molecule has 9 heteroatoms. The summed E-state index contributed by atoms with van der Waals surface area (Å²) in [6.45, 7) is 4.68. The first-order chi connectivity index (χ1) is 30.0. The van der Waals surface area contributed by atoms with Crippen LogP contribution in [0.15, 0.2) is 24.3 Å². The van der Waals surface area contributed by atoms with Crippen molar-refractivity contribution in [1.82, 2.24) is 5.32 Å². The lowest BCUT2D eigenvalue weighted by atomic mass is 10.0. The lowest BCUT2D eigenvalue weighted by Crippen LogP contribution is -2.45. The van der Waals surface area contributed by atoms with Gasteiger partial charge in [0.2, 0.25) is 5.91 Å². The fraction of sp³-hybridized carbons (Fsp3) is 0.906. The Kier molecular flexibility index (Phi) is 44.4. The molecule has 0 aliphatic heterocycles. The second-order valence-corrected chi connectivity index (χ2v) is 21.0. The highest BCUT2D eigenvalue weighted by Crippen LogP contribution is 2.38. The molecule has 62 heavy (non-hydrogen) atoms. The van der Waals surface area contributed by atoms with Crippen LogP contribution in [0.2, 0.25) is 0 Å². The van der Waals surface area contributed by atoms with Crippen LogP contribution in [0, 0.1) is 0 Å². The van der Waals surface area contributed by atoms with Gasteiger partial charge in [-0.3, -0.25) is 9.36 Å². The highest BCUT2D eigenvalue weighted by molar-refractivity contribution is 7.45. The van der Waals surface area contributed by atoms with E-state index in [4.69, 9.17) is 9.05 Å². The Morgan fingerprint density at radius 1 is 0.548 bits per heavy atom. The predicted octanol–water partition coefficient (Wildman–Crippen LogP) is 15.0. The third-order valence-electron chi connectivity index (χ3n) is 12.2. The predicted molar refractivity (Wildman–Crippen MR) is 265 cm³/mol. The molecule has 0 aromatic rings. The summed E-state index contributed by atoms with van der Waals surface area (Å²) in [6, 6.07) is -0.887. The van der Waals surface area contributed by atoms with Crippen molar-refractivity contribution in [1.29, 1.82) is 0 Å². The summed E-state index contributed by atoms with van der Waals surface area (Å²) >= 11 is 0. The molecule has 0 aromatic carbocycles. The maximum atomic E-state index is 12.9. The summed E-state index contributed by atoms with van der Waals surface area (Å²) in [7, 11) is 1.27. The number of phosphoric ester groups is 1. The minimum Gasteiger partial charge on any atom is -0.756 e. The van der Waals surface area contributed by atoms with Gasteiger partial charge < -0.3 is 28.8 Å². The molecule has 0 fully saturated rings. The Balaban J connectivity index is 4.28. The van der Waals surface area contributed by atoms with E-state index in [1.165, 1.54) is 199 Å². The van der Waals surface area contributed by atoms with Gasteiger partial charge in [-0.25, -0.2) is 0 Å². The van der Waals surface area contributed by atoms with Gasteiger partial charge in [-0.2, -0.15) is 0 Å². The van der Waals surface area contributed by atoms with Crippen molar-refractivity contribution in [2.24, 2.45) is 0 Å². The summed E-state index contributed by atoms with van der Waals surface area (Å²) < 4.78 is 23.3. The molecule has 0 saturated heterocycles. The molecule has 0 saturated carbocycles. The second-order valence-electron chi connectivity index (χ2n) is 19.6. The second kappa shape index (κ2) is 45.1. The van der Waals surface area contributed by atoms with Crippen molar-refractivity contribution in [3.8, 4) is 0 Å². The van der Waals surface area contributed by atoms with Gasteiger partial charge in [-0.05, 0) is 44.9 Å². The number of allylic oxidation sites excluding steroid dienone is 3. The van der Waals surface area contributed by atoms with Gasteiger partial charge in [0, 0.05) is 6.42 Å². The Labute approximate surface area is 385 Å². The van der Waals surface area contributed by atoms with Gasteiger partial charge in [0.1, 0.15) is 13.2 Å². The molecular formula is C53H105N2O6P. The maximum absolute atomic E-state index is 12.9. The van der Waals surface area contributed by atoms with E-state index in [1.54, 1.807) is 6.08 Å². The van der Waals surface area contributed by atoms with E-state index in [0.29, 0.717) is 17.4 Å². The number of hydrogen-bond donors (Lipinski definition) is 2. The third kappa shape index (κ3) is 47.0. The standard InChI is InChI=1S/C53H105N2O6P/c1-6-8-10-12-14-16-18-20-22-24-26-28-30-32-34-36-38-40-42-44-46-52(56)51(50-61-62(58,59)60-49-48-55(3,4)5)54-53(57)47-45-43-41-39-37-35-33-31-29-27-25-23-21-19-17-15-13-11-9-7-2/h27,29,44,46,51-52,56H,6-26,28,30-43,45,47-50H2,1-5H3,(H-,54,57,58,59)/b29-27-,46-44+. The summed E-state index contributed by atoms with van der Waals surface area (Å²) in [5, 5.41) is 13.9. The van der Waals surface area contributed by atoms with Crippen LogP contribution in [0.1, 0.15) is 258 Å². The van der Waals surface area contributed by atoms with Crippen LogP contribution in [-0.2, 0) is 18.4 Å². The molecule has 0 aliphatic carbocycles. The molecule has 0 aliphatic rings. The van der Waals surface area contributed by atoms with Gasteiger partial charge in [-0.1, -0.05) is 231 Å². The number of aliphatic hydroxyl groups is 1. The maximum Gasteiger partial charge on any atom is 0.268 e. The quantitative estimate of drug-likeness (QED) is 0.0273. The van der Waals surface area contributed by atoms with E-state index < -0.39 is 20.0 Å². The van der Waals surface area contributed by atoms with Crippen LogP contribution < -0.4 is 10.2 Å². The van der Waals surface area contributed by atoms with E-state index in [1.807, 2.05) is 27.2 Å². The monoisotopic (exact) mass is 897 g/mol. The lowest BCUT2D eigenvalue weighted by Gasteiger charge is -2.29.